The summed E-state index contributed by atoms with van der Waals surface area (Å²) in [5.41, 5.74) is 0.853. The van der Waals surface area contributed by atoms with Crippen LogP contribution in [-0.2, 0) is 22.9 Å². The van der Waals surface area contributed by atoms with E-state index in [-0.39, 0.29) is 47.7 Å². The first-order valence-electron chi connectivity index (χ1n) is 12.1. The van der Waals surface area contributed by atoms with Crippen molar-refractivity contribution in [3.63, 3.8) is 0 Å². The summed E-state index contributed by atoms with van der Waals surface area (Å²) in [4.78, 5) is 2.65. The molecule has 0 amide bonds. The average Bonchev–Trinajstić information content (AvgIpc) is 2.96. The van der Waals surface area contributed by atoms with Crippen LogP contribution in [-0.4, -0.2) is 21.9 Å². The topological polar surface area (TPSA) is 59.1 Å². The van der Waals surface area contributed by atoms with E-state index in [0.29, 0.717) is 22.6 Å². The van der Waals surface area contributed by atoms with Gasteiger partial charge in [-0.1, -0.05) is 0 Å². The monoisotopic (exact) mass is 592 g/mol. The third-order valence-electron chi connectivity index (χ3n) is 6.83. The summed E-state index contributed by atoms with van der Waals surface area (Å²) in [5, 5.41) is 0. The van der Waals surface area contributed by atoms with E-state index in [1.807, 2.05) is 0 Å². The van der Waals surface area contributed by atoms with Crippen LogP contribution in [0.5, 0.6) is 11.5 Å². The molecule has 4 aromatic rings. The molecule has 6 nitrogen and oxygen atoms in total. The van der Waals surface area contributed by atoms with E-state index in [1.54, 1.807) is 0 Å². The highest BCUT2D eigenvalue weighted by Crippen LogP contribution is 2.36. The number of ether oxygens (including phenoxy) is 2. The van der Waals surface area contributed by atoms with Gasteiger partial charge in [0.1, 0.15) is 11.5 Å². The van der Waals surface area contributed by atoms with Gasteiger partial charge in [0, 0.05) is 59.9 Å². The number of benzene rings is 4. The van der Waals surface area contributed by atoms with E-state index in [9.17, 15) is 34.8 Å². The van der Waals surface area contributed by atoms with E-state index < -0.39 is 44.7 Å². The molecule has 0 bridgehead atoms. The molecule has 41 heavy (non-hydrogen) atoms. The first-order chi connectivity index (χ1) is 19.5. The standard InChI is InChI=1S/C28H18F6N2O4S/c29-21-7-17(8-22(30)27(21)33)35-11-15-5-19(1-3-25(15)39-13-35)41(37,38)20-2-4-26-16(6-20)12-36(14-40-26)18-9-23(31)28(34)24(32)10-18/h1-10H,11-14H2. The maximum Gasteiger partial charge on any atom is 0.206 e. The van der Waals surface area contributed by atoms with Crippen LogP contribution in [0.25, 0.3) is 0 Å². The second-order valence-electron chi connectivity index (χ2n) is 9.43. The molecule has 4 aromatic carbocycles. The van der Waals surface area contributed by atoms with Crippen molar-refractivity contribution in [3.8, 4) is 11.5 Å². The van der Waals surface area contributed by atoms with Crippen molar-refractivity contribution in [1.29, 1.82) is 0 Å². The number of sulfone groups is 1. The molecule has 0 radical (unpaired) electrons. The van der Waals surface area contributed by atoms with Gasteiger partial charge in [-0.25, -0.2) is 34.8 Å². The minimum atomic E-state index is -4.10. The molecule has 0 N–H and O–H groups in total. The molecule has 0 aromatic heterocycles. The molecule has 13 heteroatoms. The molecule has 0 saturated heterocycles. The first-order valence-corrected chi connectivity index (χ1v) is 13.5. The lowest BCUT2D eigenvalue weighted by molar-refractivity contribution is 0.288. The zero-order valence-corrected chi connectivity index (χ0v) is 21.6. The van der Waals surface area contributed by atoms with Crippen LogP contribution in [0.15, 0.2) is 70.5 Å². The number of fused-ring (bicyclic) bond motifs is 2. The molecule has 6 rings (SSSR count). The molecular formula is C28H18F6N2O4S. The Morgan fingerprint density at radius 2 is 0.927 bits per heavy atom. The second kappa shape index (κ2) is 9.91. The number of nitrogens with zero attached hydrogens (tertiary/aromatic N) is 2. The van der Waals surface area contributed by atoms with Crippen molar-refractivity contribution in [3.05, 3.63) is 107 Å². The van der Waals surface area contributed by atoms with Gasteiger partial charge >= 0.3 is 0 Å². The molecule has 2 aliphatic heterocycles. The lowest BCUT2D eigenvalue weighted by Crippen LogP contribution is -2.32. The molecule has 0 saturated carbocycles. The molecular weight excluding hydrogens is 574 g/mol. The van der Waals surface area contributed by atoms with Gasteiger partial charge < -0.3 is 19.3 Å². The predicted molar refractivity (Wildman–Crippen MR) is 134 cm³/mol. The maximum absolute atomic E-state index is 13.8. The molecule has 0 atom stereocenters. The van der Waals surface area contributed by atoms with Gasteiger partial charge in [0.15, 0.2) is 48.4 Å². The highest BCUT2D eigenvalue weighted by atomic mass is 32.2. The van der Waals surface area contributed by atoms with Crippen molar-refractivity contribution in [2.75, 3.05) is 23.3 Å². The minimum Gasteiger partial charge on any atom is -0.473 e. The quantitative estimate of drug-likeness (QED) is 0.212. The molecule has 0 unspecified atom stereocenters. The van der Waals surface area contributed by atoms with Crippen LogP contribution in [0.3, 0.4) is 0 Å². The Balaban J connectivity index is 1.28. The van der Waals surface area contributed by atoms with Crippen LogP contribution in [0.1, 0.15) is 11.1 Å². The summed E-state index contributed by atoms with van der Waals surface area (Å²) in [7, 11) is -4.10. The van der Waals surface area contributed by atoms with Gasteiger partial charge in [-0.3, -0.25) is 0 Å². The average molecular weight is 593 g/mol. The number of hydrogen-bond donors (Lipinski definition) is 0. The Morgan fingerprint density at radius 1 is 0.561 bits per heavy atom. The third kappa shape index (κ3) is 4.79. The van der Waals surface area contributed by atoms with Crippen molar-refractivity contribution >= 4 is 21.2 Å². The molecule has 0 fully saturated rings. The van der Waals surface area contributed by atoms with Gasteiger partial charge in [-0.05, 0) is 36.4 Å². The van der Waals surface area contributed by atoms with Crippen molar-refractivity contribution in [1.82, 2.24) is 0 Å². The fourth-order valence-corrected chi connectivity index (χ4v) is 6.05. The Kier molecular flexibility index (Phi) is 6.48. The van der Waals surface area contributed by atoms with Crippen LogP contribution >= 0.6 is 0 Å². The van der Waals surface area contributed by atoms with E-state index in [1.165, 1.54) is 46.2 Å². The van der Waals surface area contributed by atoms with E-state index in [0.717, 1.165) is 24.3 Å². The Bertz CT molecular complexity index is 1650. The Hall–Kier alpha value is -4.39. The lowest BCUT2D eigenvalue weighted by atomic mass is 10.1. The van der Waals surface area contributed by atoms with Gasteiger partial charge in [-0.15, -0.1) is 0 Å². The normalized spacial score (nSPS) is 14.7. The van der Waals surface area contributed by atoms with Crippen molar-refractivity contribution < 1.29 is 44.2 Å². The summed E-state index contributed by atoms with van der Waals surface area (Å²) in [6, 6.07) is 11.7. The first kappa shape index (κ1) is 26.8. The molecule has 212 valence electrons. The second-order valence-corrected chi connectivity index (χ2v) is 11.4. The van der Waals surface area contributed by atoms with Gasteiger partial charge in [0.05, 0.1) is 9.79 Å². The highest BCUT2D eigenvalue weighted by Gasteiger charge is 2.27. The summed E-state index contributed by atoms with van der Waals surface area (Å²) in [5.74, 6) is -7.93. The smallest absolute Gasteiger partial charge is 0.206 e. The zero-order valence-electron chi connectivity index (χ0n) is 20.8. The van der Waals surface area contributed by atoms with Crippen molar-refractivity contribution in [2.24, 2.45) is 0 Å². The number of hydrogen-bond acceptors (Lipinski definition) is 6. The lowest BCUT2D eigenvalue weighted by Gasteiger charge is -2.31. The van der Waals surface area contributed by atoms with Gasteiger partial charge in [-0.2, -0.15) is 0 Å². The largest absolute Gasteiger partial charge is 0.473 e. The molecule has 0 aliphatic carbocycles. The Morgan fingerprint density at radius 3 is 1.29 bits per heavy atom. The third-order valence-corrected chi connectivity index (χ3v) is 8.58. The van der Waals surface area contributed by atoms with Crippen LogP contribution in [0, 0.1) is 34.9 Å². The van der Waals surface area contributed by atoms with E-state index >= 15 is 0 Å². The van der Waals surface area contributed by atoms with Crippen LogP contribution in [0.2, 0.25) is 0 Å². The summed E-state index contributed by atoms with van der Waals surface area (Å²) in [6.07, 6.45) is 0. The SMILES string of the molecule is O=S(=O)(c1ccc2c(c1)CN(c1cc(F)c(F)c(F)c1)CO2)c1ccc2c(c1)CN(c1cc(F)c(F)c(F)c1)CO2. The number of rotatable bonds is 4. The fourth-order valence-electron chi connectivity index (χ4n) is 4.69. The molecule has 0 spiro atoms. The highest BCUT2D eigenvalue weighted by molar-refractivity contribution is 7.91. The van der Waals surface area contributed by atoms with Gasteiger partial charge in [0.25, 0.3) is 0 Å². The summed E-state index contributed by atoms with van der Waals surface area (Å²) >= 11 is 0. The van der Waals surface area contributed by atoms with Crippen LogP contribution in [0.4, 0.5) is 37.7 Å². The molecule has 2 heterocycles. The van der Waals surface area contributed by atoms with E-state index in [2.05, 4.69) is 0 Å². The summed E-state index contributed by atoms with van der Waals surface area (Å²) in [6.45, 7) is -0.151. The Labute approximate surface area is 229 Å². The van der Waals surface area contributed by atoms with Crippen molar-refractivity contribution in [2.45, 2.75) is 22.9 Å². The van der Waals surface area contributed by atoms with Crippen LogP contribution < -0.4 is 19.3 Å². The number of halogens is 6. The van der Waals surface area contributed by atoms with Gasteiger partial charge in [0.2, 0.25) is 9.84 Å². The summed E-state index contributed by atoms with van der Waals surface area (Å²) < 4.78 is 120. The minimum absolute atomic E-state index is 0.0143. The maximum atomic E-state index is 13.8. The van der Waals surface area contributed by atoms with E-state index in [4.69, 9.17) is 9.47 Å². The number of anilines is 2. The molecule has 2 aliphatic rings. The predicted octanol–water partition coefficient (Wildman–Crippen LogP) is 6.07. The fraction of sp³-hybridized carbons (Fsp3) is 0.143. The zero-order chi connectivity index (χ0) is 29.1.